The number of carbonyl (C=O) groups is 1. The molecule has 8 heteroatoms. The van der Waals surface area contributed by atoms with E-state index < -0.39 is 15.4 Å². The minimum absolute atomic E-state index is 0.0776. The topological polar surface area (TPSA) is 90.3 Å². The lowest BCUT2D eigenvalue weighted by molar-refractivity contribution is -0.129. The molecule has 124 valence electrons. The van der Waals surface area contributed by atoms with Crippen LogP contribution >= 0.6 is 11.8 Å². The summed E-state index contributed by atoms with van der Waals surface area (Å²) in [6, 6.07) is 2.15. The summed E-state index contributed by atoms with van der Waals surface area (Å²) in [5, 5.41) is 12.0. The molecule has 0 aromatic rings. The van der Waals surface area contributed by atoms with E-state index in [0.29, 0.717) is 25.9 Å². The first-order chi connectivity index (χ1) is 10.5. The summed E-state index contributed by atoms with van der Waals surface area (Å²) in [6.45, 7) is 1.17. The Labute approximate surface area is 136 Å². The maximum Gasteiger partial charge on any atom is 0.240 e. The third-order valence-corrected chi connectivity index (χ3v) is 7.18. The van der Waals surface area contributed by atoms with Gasteiger partial charge < -0.3 is 5.32 Å². The predicted molar refractivity (Wildman–Crippen MR) is 86.8 cm³/mol. The lowest BCUT2D eigenvalue weighted by Gasteiger charge is -2.29. The molecule has 2 aliphatic rings. The fourth-order valence-corrected chi connectivity index (χ4v) is 5.45. The Morgan fingerprint density at radius 2 is 1.86 bits per heavy atom. The zero-order valence-corrected chi connectivity index (χ0v) is 14.3. The van der Waals surface area contributed by atoms with Gasteiger partial charge in [-0.25, -0.2) is 12.7 Å². The molecule has 1 aliphatic carbocycles. The Morgan fingerprint density at radius 1 is 1.23 bits per heavy atom. The highest BCUT2D eigenvalue weighted by Gasteiger charge is 2.39. The Kier molecular flexibility index (Phi) is 6.12. The van der Waals surface area contributed by atoms with Crippen LogP contribution in [0.5, 0.6) is 0 Å². The Bertz CT molecular complexity index is 530. The molecule has 0 aromatic heterocycles. The summed E-state index contributed by atoms with van der Waals surface area (Å²) in [4.78, 5) is 12.3. The van der Waals surface area contributed by atoms with Gasteiger partial charge in [0.2, 0.25) is 15.9 Å². The highest BCUT2D eigenvalue weighted by molar-refractivity contribution is 7.99. The largest absolute Gasteiger partial charge is 0.354 e. The average molecular weight is 345 g/mol. The standard InChI is InChI=1S/C14H23N3O3S2/c15-12-14(4-2-1-3-5-14)13(18)16-6-11-22(19,20)17-7-9-21-10-8-17/h1-11H2,(H,16,18). The third-order valence-electron chi connectivity index (χ3n) is 4.36. The lowest BCUT2D eigenvalue weighted by atomic mass is 9.74. The maximum atomic E-state index is 12.3. The smallest absolute Gasteiger partial charge is 0.240 e. The molecule has 22 heavy (non-hydrogen) atoms. The van der Waals surface area contributed by atoms with Crippen LogP contribution in [0.4, 0.5) is 0 Å². The van der Waals surface area contributed by atoms with Gasteiger partial charge in [0, 0.05) is 31.1 Å². The number of nitrogens with zero attached hydrogens (tertiary/aromatic N) is 2. The van der Waals surface area contributed by atoms with Gasteiger partial charge in [0.25, 0.3) is 0 Å². The molecule has 1 amide bonds. The number of thioether (sulfide) groups is 1. The monoisotopic (exact) mass is 345 g/mol. The van der Waals surface area contributed by atoms with Crippen molar-refractivity contribution in [3.63, 3.8) is 0 Å². The van der Waals surface area contributed by atoms with Gasteiger partial charge in [0.15, 0.2) is 0 Å². The van der Waals surface area contributed by atoms with Gasteiger partial charge in [0.05, 0.1) is 11.8 Å². The Hall–Kier alpha value is -0.780. The van der Waals surface area contributed by atoms with Crippen LogP contribution in [0.1, 0.15) is 32.1 Å². The van der Waals surface area contributed by atoms with E-state index in [4.69, 9.17) is 0 Å². The van der Waals surface area contributed by atoms with Crippen molar-refractivity contribution >= 4 is 27.7 Å². The molecule has 1 aliphatic heterocycles. The zero-order chi connectivity index (χ0) is 16.1. The van der Waals surface area contributed by atoms with Crippen molar-refractivity contribution in [1.29, 1.82) is 5.26 Å². The number of hydrogen-bond acceptors (Lipinski definition) is 5. The van der Waals surface area contributed by atoms with E-state index in [0.717, 1.165) is 30.8 Å². The summed E-state index contributed by atoms with van der Waals surface area (Å²) >= 11 is 1.75. The van der Waals surface area contributed by atoms with Gasteiger partial charge in [-0.1, -0.05) is 19.3 Å². The summed E-state index contributed by atoms with van der Waals surface area (Å²) in [5.41, 5.74) is -0.955. The molecule has 0 radical (unpaired) electrons. The van der Waals surface area contributed by atoms with Crippen LogP contribution in [0, 0.1) is 16.7 Å². The molecule has 6 nitrogen and oxygen atoms in total. The molecule has 1 heterocycles. The van der Waals surface area contributed by atoms with E-state index in [2.05, 4.69) is 11.4 Å². The fourth-order valence-electron chi connectivity index (χ4n) is 2.96. The molecule has 0 unspecified atom stereocenters. The van der Waals surface area contributed by atoms with E-state index in [9.17, 15) is 18.5 Å². The molecule has 2 rings (SSSR count). The van der Waals surface area contributed by atoms with Gasteiger partial charge in [-0.05, 0) is 12.8 Å². The fraction of sp³-hybridized carbons (Fsp3) is 0.857. The van der Waals surface area contributed by atoms with Crippen molar-refractivity contribution in [2.75, 3.05) is 36.9 Å². The van der Waals surface area contributed by atoms with Gasteiger partial charge in [-0.2, -0.15) is 17.0 Å². The van der Waals surface area contributed by atoms with Gasteiger partial charge in [-0.3, -0.25) is 4.79 Å². The number of rotatable bonds is 5. The summed E-state index contributed by atoms with van der Waals surface area (Å²) in [6.07, 6.45) is 3.96. The number of carbonyl (C=O) groups excluding carboxylic acids is 1. The van der Waals surface area contributed by atoms with E-state index in [-0.39, 0.29) is 18.2 Å². The quantitative estimate of drug-likeness (QED) is 0.801. The highest BCUT2D eigenvalue weighted by Crippen LogP contribution is 2.35. The number of amides is 1. The third kappa shape index (κ3) is 4.15. The van der Waals surface area contributed by atoms with Gasteiger partial charge in [0.1, 0.15) is 5.41 Å². The van der Waals surface area contributed by atoms with Crippen LogP contribution in [0.25, 0.3) is 0 Å². The molecule has 0 spiro atoms. The summed E-state index contributed by atoms with van der Waals surface area (Å²) < 4.78 is 25.9. The lowest BCUT2D eigenvalue weighted by Crippen LogP contribution is -2.45. The number of sulfonamides is 1. The summed E-state index contributed by atoms with van der Waals surface area (Å²) in [5.74, 6) is 1.25. The second-order valence-corrected chi connectivity index (χ2v) is 9.15. The number of nitrogens with one attached hydrogen (secondary N) is 1. The Morgan fingerprint density at radius 3 is 2.45 bits per heavy atom. The molecule has 1 saturated heterocycles. The van der Waals surface area contributed by atoms with Crippen molar-refractivity contribution in [3.05, 3.63) is 0 Å². The van der Waals surface area contributed by atoms with Gasteiger partial charge in [-0.15, -0.1) is 0 Å². The number of hydrogen-bond donors (Lipinski definition) is 1. The first kappa shape index (κ1) is 17.6. The van der Waals surface area contributed by atoms with Crippen molar-refractivity contribution in [2.45, 2.75) is 32.1 Å². The van der Waals surface area contributed by atoms with Crippen LogP contribution in [-0.2, 0) is 14.8 Å². The van der Waals surface area contributed by atoms with E-state index in [1.165, 1.54) is 4.31 Å². The molecule has 0 bridgehead atoms. The van der Waals surface area contributed by atoms with E-state index in [1.54, 1.807) is 11.8 Å². The van der Waals surface area contributed by atoms with E-state index >= 15 is 0 Å². The molecule has 0 aromatic carbocycles. The molecular weight excluding hydrogens is 322 g/mol. The molecule has 1 N–H and O–H groups in total. The molecule has 1 saturated carbocycles. The van der Waals surface area contributed by atoms with Crippen molar-refractivity contribution in [2.24, 2.45) is 5.41 Å². The molecule has 0 atom stereocenters. The Balaban J connectivity index is 1.84. The first-order valence-electron chi connectivity index (χ1n) is 7.75. The van der Waals surface area contributed by atoms with Crippen LogP contribution in [-0.4, -0.2) is 55.5 Å². The van der Waals surface area contributed by atoms with Crippen LogP contribution in [0.15, 0.2) is 0 Å². The highest BCUT2D eigenvalue weighted by atomic mass is 32.2. The average Bonchev–Trinajstić information content (AvgIpc) is 2.56. The second-order valence-electron chi connectivity index (χ2n) is 5.84. The van der Waals surface area contributed by atoms with Gasteiger partial charge >= 0.3 is 0 Å². The van der Waals surface area contributed by atoms with Crippen LogP contribution < -0.4 is 5.32 Å². The summed E-state index contributed by atoms with van der Waals surface area (Å²) in [7, 11) is -3.31. The van der Waals surface area contributed by atoms with E-state index in [1.807, 2.05) is 0 Å². The van der Waals surface area contributed by atoms with Crippen molar-refractivity contribution in [3.8, 4) is 6.07 Å². The maximum absolute atomic E-state index is 12.3. The normalized spacial score (nSPS) is 22.7. The molecular formula is C14H23N3O3S2. The van der Waals surface area contributed by atoms with Crippen LogP contribution in [0.2, 0.25) is 0 Å². The first-order valence-corrected chi connectivity index (χ1v) is 10.5. The minimum atomic E-state index is -3.31. The molecule has 2 fully saturated rings. The predicted octanol–water partition coefficient (Wildman–Crippen LogP) is 0.955. The minimum Gasteiger partial charge on any atom is -0.354 e. The van der Waals surface area contributed by atoms with Crippen molar-refractivity contribution in [1.82, 2.24) is 9.62 Å². The SMILES string of the molecule is N#CC1(C(=O)NCCS(=O)(=O)N2CCSCC2)CCCCC1. The second kappa shape index (κ2) is 7.66. The zero-order valence-electron chi connectivity index (χ0n) is 12.7. The van der Waals surface area contributed by atoms with Crippen molar-refractivity contribution < 1.29 is 13.2 Å². The van der Waals surface area contributed by atoms with Crippen LogP contribution in [0.3, 0.4) is 0 Å². The number of nitriles is 1.